The number of methoxy groups -OCH3 is 1. The van der Waals surface area contributed by atoms with Crippen LogP contribution < -0.4 is 19.7 Å². The Kier molecular flexibility index (Phi) is 7.71. The SMILES string of the molecule is COC(=O)c1ccc2c(c1)NC(=O)C2C(=Nc1ccc(N(C)C(=O)CN(C)C)c(F)c1)c1ccc2c(c1)OCCO2. The van der Waals surface area contributed by atoms with Crippen molar-refractivity contribution in [1.82, 2.24) is 4.90 Å². The molecule has 2 heterocycles. The van der Waals surface area contributed by atoms with Gasteiger partial charge in [-0.2, -0.15) is 0 Å². The highest BCUT2D eigenvalue weighted by molar-refractivity contribution is 6.24. The van der Waals surface area contributed by atoms with Crippen LogP contribution in [0, 0.1) is 5.82 Å². The lowest BCUT2D eigenvalue weighted by atomic mass is 9.90. The highest BCUT2D eigenvalue weighted by atomic mass is 19.1. The molecule has 5 rings (SSSR count). The minimum Gasteiger partial charge on any atom is -0.486 e. The molecule has 0 fully saturated rings. The van der Waals surface area contributed by atoms with Crippen LogP contribution in [0.1, 0.15) is 27.4 Å². The number of halogens is 1. The van der Waals surface area contributed by atoms with Crippen LogP contribution in [-0.4, -0.2) is 76.4 Å². The molecule has 0 radical (unpaired) electrons. The molecular weight excluding hydrogens is 531 g/mol. The Bertz CT molecular complexity index is 1570. The zero-order chi connectivity index (χ0) is 29.3. The number of hydrogen-bond donors (Lipinski definition) is 1. The van der Waals surface area contributed by atoms with E-state index in [0.717, 1.165) is 0 Å². The van der Waals surface area contributed by atoms with E-state index in [9.17, 15) is 14.4 Å². The van der Waals surface area contributed by atoms with Crippen molar-refractivity contribution in [1.29, 1.82) is 0 Å². The highest BCUT2D eigenvalue weighted by Gasteiger charge is 2.36. The standard InChI is InChI=1S/C30H29FN4O6/c1-34(2)16-26(36)35(3)23-9-7-19(15-21(23)31)32-28(17-6-10-24-25(14-17)41-12-11-40-24)27-20-8-5-18(30(38)39-4)13-22(20)33-29(27)37/h5-10,13-15,27H,11-12,16H2,1-4H3,(H,33,37). The van der Waals surface area contributed by atoms with Crippen molar-refractivity contribution in [3.8, 4) is 11.5 Å². The number of carbonyl (C=O) groups is 3. The summed E-state index contributed by atoms with van der Waals surface area (Å²) in [6, 6.07) is 14.3. The summed E-state index contributed by atoms with van der Waals surface area (Å²) in [6.07, 6.45) is 0. The largest absolute Gasteiger partial charge is 0.486 e. The first-order valence-electron chi connectivity index (χ1n) is 12.9. The summed E-state index contributed by atoms with van der Waals surface area (Å²) in [6.45, 7) is 0.919. The molecule has 0 bridgehead atoms. The van der Waals surface area contributed by atoms with Crippen LogP contribution in [0.2, 0.25) is 0 Å². The number of benzene rings is 3. The van der Waals surface area contributed by atoms with Crippen molar-refractivity contribution in [3.05, 3.63) is 77.1 Å². The Morgan fingerprint density at radius 1 is 1.00 bits per heavy atom. The average molecular weight is 561 g/mol. The lowest BCUT2D eigenvalue weighted by molar-refractivity contribution is -0.119. The number of rotatable bonds is 7. The number of hydrogen-bond acceptors (Lipinski definition) is 8. The van der Waals surface area contributed by atoms with Crippen LogP contribution in [0.4, 0.5) is 21.5 Å². The third kappa shape index (κ3) is 5.62. The molecule has 1 atom stereocenters. The predicted molar refractivity (Wildman–Crippen MR) is 151 cm³/mol. The monoisotopic (exact) mass is 560 g/mol. The van der Waals surface area contributed by atoms with Crippen LogP contribution >= 0.6 is 0 Å². The van der Waals surface area contributed by atoms with Crippen LogP contribution in [0.3, 0.4) is 0 Å². The number of carbonyl (C=O) groups excluding carboxylic acids is 3. The van der Waals surface area contributed by atoms with Gasteiger partial charge in [0.05, 0.1) is 36.3 Å². The van der Waals surface area contributed by atoms with Gasteiger partial charge >= 0.3 is 5.97 Å². The number of likely N-dealkylation sites (N-methyl/N-ethyl adjacent to an activating group) is 2. The molecule has 3 aromatic rings. The van der Waals surface area contributed by atoms with Gasteiger partial charge in [-0.15, -0.1) is 0 Å². The number of ether oxygens (including phenoxy) is 3. The summed E-state index contributed by atoms with van der Waals surface area (Å²) in [5, 5.41) is 2.82. The van der Waals surface area contributed by atoms with E-state index in [4.69, 9.17) is 19.2 Å². The second-order valence-electron chi connectivity index (χ2n) is 9.90. The summed E-state index contributed by atoms with van der Waals surface area (Å²) in [5.41, 5.74) is 2.61. The molecule has 2 amide bonds. The van der Waals surface area contributed by atoms with Crippen LogP contribution in [0.25, 0.3) is 0 Å². The highest BCUT2D eigenvalue weighted by Crippen LogP contribution is 2.39. The minimum absolute atomic E-state index is 0.107. The van der Waals surface area contributed by atoms with E-state index in [1.807, 2.05) is 0 Å². The summed E-state index contributed by atoms with van der Waals surface area (Å²) < 4.78 is 31.5. The van der Waals surface area contributed by atoms with E-state index in [0.29, 0.717) is 47.2 Å². The van der Waals surface area contributed by atoms with Gasteiger partial charge < -0.3 is 29.3 Å². The zero-order valence-corrected chi connectivity index (χ0v) is 23.1. The molecular formula is C30H29FN4O6. The molecule has 1 unspecified atom stereocenters. The van der Waals surface area contributed by atoms with Gasteiger partial charge in [0.1, 0.15) is 24.9 Å². The van der Waals surface area contributed by atoms with Crippen molar-refractivity contribution < 1.29 is 33.0 Å². The lowest BCUT2D eigenvalue weighted by Gasteiger charge is -2.21. The van der Waals surface area contributed by atoms with Gasteiger partial charge in [0, 0.05) is 24.4 Å². The minimum atomic E-state index is -0.869. The van der Waals surface area contributed by atoms with E-state index >= 15 is 4.39 Å². The maximum absolute atomic E-state index is 15.3. The van der Waals surface area contributed by atoms with Gasteiger partial charge in [0.2, 0.25) is 11.8 Å². The third-order valence-corrected chi connectivity index (χ3v) is 6.78. The van der Waals surface area contributed by atoms with Crippen molar-refractivity contribution in [3.63, 3.8) is 0 Å². The number of esters is 1. The first-order chi connectivity index (χ1) is 19.7. The molecule has 10 nitrogen and oxygen atoms in total. The van der Waals surface area contributed by atoms with E-state index in [-0.39, 0.29) is 35.3 Å². The van der Waals surface area contributed by atoms with Crippen molar-refractivity contribution in [2.75, 3.05) is 58.2 Å². The number of anilines is 2. The summed E-state index contributed by atoms with van der Waals surface area (Å²) in [4.78, 5) is 45.6. The quantitative estimate of drug-likeness (QED) is 0.346. The number of amides is 2. The fraction of sp³-hybridized carbons (Fsp3) is 0.267. The summed E-state index contributed by atoms with van der Waals surface area (Å²) in [7, 11) is 6.31. The Labute approximate surface area is 236 Å². The van der Waals surface area contributed by atoms with Crippen molar-refractivity contribution >= 4 is 40.6 Å². The smallest absolute Gasteiger partial charge is 0.337 e. The predicted octanol–water partition coefficient (Wildman–Crippen LogP) is 3.76. The molecule has 0 aliphatic carbocycles. The van der Waals surface area contributed by atoms with Crippen LogP contribution in [0.5, 0.6) is 11.5 Å². The summed E-state index contributed by atoms with van der Waals surface area (Å²) in [5.74, 6) is -1.60. The van der Waals surface area contributed by atoms with Crippen molar-refractivity contribution in [2.24, 2.45) is 4.99 Å². The molecule has 2 aliphatic rings. The van der Waals surface area contributed by atoms with Crippen LogP contribution in [-0.2, 0) is 14.3 Å². The summed E-state index contributed by atoms with van der Waals surface area (Å²) >= 11 is 0. The van der Waals surface area contributed by atoms with E-state index < -0.39 is 17.7 Å². The molecule has 41 heavy (non-hydrogen) atoms. The maximum Gasteiger partial charge on any atom is 0.337 e. The molecule has 1 N–H and O–H groups in total. The molecule has 212 valence electrons. The van der Waals surface area contributed by atoms with Gasteiger partial charge in [-0.05, 0) is 62.1 Å². The van der Waals surface area contributed by atoms with E-state index in [1.54, 1.807) is 61.5 Å². The Morgan fingerprint density at radius 3 is 2.44 bits per heavy atom. The molecule has 3 aromatic carbocycles. The second-order valence-corrected chi connectivity index (χ2v) is 9.90. The topological polar surface area (TPSA) is 110 Å². The van der Waals surface area contributed by atoms with Gasteiger partial charge in [-0.3, -0.25) is 14.6 Å². The van der Waals surface area contributed by atoms with Crippen LogP contribution in [0.15, 0.2) is 59.6 Å². The Balaban J connectivity index is 1.58. The number of aliphatic imine (C=N–C) groups is 1. The first-order valence-corrected chi connectivity index (χ1v) is 12.9. The van der Waals surface area contributed by atoms with E-state index in [2.05, 4.69) is 5.32 Å². The molecule has 0 saturated heterocycles. The average Bonchev–Trinajstić information content (AvgIpc) is 3.29. The Morgan fingerprint density at radius 2 is 1.73 bits per heavy atom. The Hall–Kier alpha value is -4.77. The van der Waals surface area contributed by atoms with Gasteiger partial charge in [0.15, 0.2) is 11.5 Å². The molecule has 0 saturated carbocycles. The lowest BCUT2D eigenvalue weighted by Crippen LogP contribution is -2.35. The van der Waals surface area contributed by atoms with Crippen molar-refractivity contribution in [2.45, 2.75) is 5.92 Å². The maximum atomic E-state index is 15.3. The second kappa shape index (κ2) is 11.4. The van der Waals surface area contributed by atoms with E-state index in [1.165, 1.54) is 31.2 Å². The third-order valence-electron chi connectivity index (χ3n) is 6.78. The normalized spacial score (nSPS) is 15.8. The van der Waals surface area contributed by atoms with Gasteiger partial charge in [0.25, 0.3) is 0 Å². The van der Waals surface area contributed by atoms with Gasteiger partial charge in [-0.25, -0.2) is 9.18 Å². The molecule has 11 heteroatoms. The number of nitrogens with one attached hydrogen (secondary N) is 1. The first kappa shape index (κ1) is 27.8. The fourth-order valence-electron chi connectivity index (χ4n) is 4.76. The molecule has 2 aliphatic heterocycles. The van der Waals surface area contributed by atoms with Gasteiger partial charge in [-0.1, -0.05) is 6.07 Å². The fourth-order valence-corrected chi connectivity index (χ4v) is 4.76. The molecule has 0 aromatic heterocycles. The number of fused-ring (bicyclic) bond motifs is 2. The molecule has 0 spiro atoms. The zero-order valence-electron chi connectivity index (χ0n) is 23.1. The number of nitrogens with zero attached hydrogens (tertiary/aromatic N) is 3.